The molecule has 8 heteroatoms. The number of rotatable bonds is 4. The molecule has 0 bridgehead atoms. The van der Waals surface area contributed by atoms with Gasteiger partial charge in [-0.2, -0.15) is 0 Å². The second-order valence-corrected chi connectivity index (χ2v) is 8.42. The molecule has 0 amide bonds. The molecule has 3 rings (SSSR count). The van der Waals surface area contributed by atoms with Crippen LogP contribution >= 0.6 is 0 Å². The maximum atomic E-state index is 12.2. The first kappa shape index (κ1) is 18.3. The Balaban J connectivity index is 2.01. The number of hydrogen-bond acceptors (Lipinski definition) is 6. The highest BCUT2D eigenvalue weighted by Gasteiger charge is 2.30. The molecule has 0 spiro atoms. The first-order chi connectivity index (χ1) is 12.3. The molecule has 2 atom stereocenters. The van der Waals surface area contributed by atoms with E-state index in [1.54, 1.807) is 0 Å². The molecule has 1 saturated heterocycles. The van der Waals surface area contributed by atoms with Crippen molar-refractivity contribution in [1.29, 1.82) is 0 Å². The van der Waals surface area contributed by atoms with Gasteiger partial charge in [0.05, 0.1) is 21.6 Å². The van der Waals surface area contributed by atoms with E-state index in [-0.39, 0.29) is 22.8 Å². The van der Waals surface area contributed by atoms with Gasteiger partial charge in [0, 0.05) is 31.5 Å². The van der Waals surface area contributed by atoms with Crippen molar-refractivity contribution in [3.8, 4) is 0 Å². The van der Waals surface area contributed by atoms with Crippen LogP contribution in [0.3, 0.4) is 0 Å². The maximum Gasteiger partial charge on any atom is 0.270 e. The Morgan fingerprint density at radius 3 is 2.46 bits per heavy atom. The van der Waals surface area contributed by atoms with Crippen molar-refractivity contribution >= 4 is 21.2 Å². The van der Waals surface area contributed by atoms with Crippen LogP contribution in [0.5, 0.6) is 0 Å². The highest BCUT2D eigenvalue weighted by Crippen LogP contribution is 2.34. The monoisotopic (exact) mass is 376 g/mol. The van der Waals surface area contributed by atoms with Gasteiger partial charge in [0.25, 0.3) is 5.69 Å². The molecule has 26 heavy (non-hydrogen) atoms. The number of ether oxygens (including phenoxy) is 1. The van der Waals surface area contributed by atoms with Crippen LogP contribution in [-0.4, -0.2) is 38.8 Å². The summed E-state index contributed by atoms with van der Waals surface area (Å²) in [5.41, 5.74) is 1.23. The van der Waals surface area contributed by atoms with Crippen LogP contribution < -0.4 is 4.90 Å². The Morgan fingerprint density at radius 1 is 1.15 bits per heavy atom. The molecule has 2 aromatic carbocycles. The van der Waals surface area contributed by atoms with E-state index in [0.29, 0.717) is 18.8 Å². The second-order valence-electron chi connectivity index (χ2n) is 6.43. The molecule has 0 aromatic heterocycles. The molecular formula is C18H20N2O5S. The zero-order valence-electron chi connectivity index (χ0n) is 14.5. The van der Waals surface area contributed by atoms with Crippen LogP contribution in [-0.2, 0) is 14.6 Å². The quantitative estimate of drug-likeness (QED) is 0.602. The molecule has 0 saturated carbocycles. The van der Waals surface area contributed by atoms with Crippen LogP contribution in [0, 0.1) is 10.1 Å². The third-order valence-corrected chi connectivity index (χ3v) is 5.45. The smallest absolute Gasteiger partial charge is 0.270 e. The minimum Gasteiger partial charge on any atom is -0.367 e. The molecule has 7 nitrogen and oxygen atoms in total. The highest BCUT2D eigenvalue weighted by atomic mass is 32.2. The molecule has 2 aromatic rings. The third kappa shape index (κ3) is 3.86. The molecular weight excluding hydrogens is 356 g/mol. The van der Waals surface area contributed by atoms with E-state index < -0.39 is 14.8 Å². The summed E-state index contributed by atoms with van der Waals surface area (Å²) >= 11 is 0. The second kappa shape index (κ2) is 7.05. The summed E-state index contributed by atoms with van der Waals surface area (Å²) in [5.74, 6) is 0. The van der Waals surface area contributed by atoms with Crippen LogP contribution in [0.1, 0.15) is 18.6 Å². The van der Waals surface area contributed by atoms with Crippen LogP contribution in [0.15, 0.2) is 53.4 Å². The van der Waals surface area contributed by atoms with E-state index in [2.05, 4.69) is 0 Å². The average molecular weight is 376 g/mol. The predicted molar refractivity (Wildman–Crippen MR) is 98.1 cm³/mol. The minimum atomic E-state index is -3.63. The fraction of sp³-hybridized carbons (Fsp3) is 0.333. The number of non-ortho nitro benzene ring substituents is 1. The van der Waals surface area contributed by atoms with Crippen LogP contribution in [0.25, 0.3) is 0 Å². The van der Waals surface area contributed by atoms with Crippen molar-refractivity contribution in [1.82, 2.24) is 0 Å². The normalized spacial score (nSPS) is 20.8. The lowest BCUT2D eigenvalue weighted by atomic mass is 10.1. The van der Waals surface area contributed by atoms with E-state index in [0.717, 1.165) is 17.9 Å². The Morgan fingerprint density at radius 2 is 1.85 bits per heavy atom. The number of nitro benzene ring substituents is 1. The largest absolute Gasteiger partial charge is 0.367 e. The van der Waals surface area contributed by atoms with Crippen LogP contribution in [0.4, 0.5) is 11.4 Å². The fourth-order valence-corrected chi connectivity index (χ4v) is 4.09. The standard InChI is InChI=1S/C18H20N2O5S/c1-13-11-19(12-17(25-13)14-6-4-3-5-7-14)16-9-8-15(20(21)22)10-18(16)26(2,23)24/h3-10,13,17H,11-12H2,1-2H3. The number of hydrogen-bond donors (Lipinski definition) is 0. The van der Waals surface area contributed by atoms with Gasteiger partial charge in [-0.25, -0.2) is 8.42 Å². The van der Waals surface area contributed by atoms with E-state index in [9.17, 15) is 18.5 Å². The summed E-state index contributed by atoms with van der Waals surface area (Å²) in [5, 5.41) is 11.0. The summed E-state index contributed by atoms with van der Waals surface area (Å²) in [4.78, 5) is 12.3. The van der Waals surface area contributed by atoms with Crippen LogP contribution in [0.2, 0.25) is 0 Å². The van der Waals surface area contributed by atoms with Crippen molar-refractivity contribution in [3.63, 3.8) is 0 Å². The Hall–Kier alpha value is -2.45. The van der Waals surface area contributed by atoms with Gasteiger partial charge in [0.15, 0.2) is 9.84 Å². The molecule has 0 aliphatic carbocycles. The molecule has 0 N–H and O–H groups in total. The Labute approximate surface area is 152 Å². The minimum absolute atomic E-state index is 0.0346. The van der Waals surface area contributed by atoms with Crippen molar-refractivity contribution in [2.24, 2.45) is 0 Å². The highest BCUT2D eigenvalue weighted by molar-refractivity contribution is 7.90. The first-order valence-electron chi connectivity index (χ1n) is 8.19. The summed E-state index contributed by atoms with van der Waals surface area (Å²) in [6.07, 6.45) is 0.743. The van der Waals surface area contributed by atoms with E-state index in [1.807, 2.05) is 42.2 Å². The molecule has 1 aliphatic rings. The zero-order valence-corrected chi connectivity index (χ0v) is 15.3. The molecule has 138 valence electrons. The zero-order chi connectivity index (χ0) is 18.9. The fourth-order valence-electron chi connectivity index (χ4n) is 3.17. The van der Waals surface area contributed by atoms with Gasteiger partial charge in [-0.3, -0.25) is 10.1 Å². The van der Waals surface area contributed by atoms with Gasteiger partial charge in [-0.15, -0.1) is 0 Å². The van der Waals surface area contributed by atoms with Gasteiger partial charge in [-0.05, 0) is 18.6 Å². The lowest BCUT2D eigenvalue weighted by molar-refractivity contribution is -0.385. The topological polar surface area (TPSA) is 89.8 Å². The Bertz CT molecular complexity index is 914. The molecule has 1 heterocycles. The summed E-state index contributed by atoms with van der Waals surface area (Å²) in [6.45, 7) is 2.89. The number of morpholine rings is 1. The third-order valence-electron chi connectivity index (χ3n) is 4.33. The molecule has 1 aliphatic heterocycles. The maximum absolute atomic E-state index is 12.2. The number of sulfone groups is 1. The van der Waals surface area contributed by atoms with Gasteiger partial charge < -0.3 is 9.64 Å². The number of nitro groups is 1. The van der Waals surface area contributed by atoms with E-state index in [1.165, 1.54) is 12.1 Å². The summed E-state index contributed by atoms with van der Waals surface area (Å²) < 4.78 is 30.5. The van der Waals surface area contributed by atoms with Gasteiger partial charge >= 0.3 is 0 Å². The van der Waals surface area contributed by atoms with Gasteiger partial charge in [0.1, 0.15) is 6.10 Å². The van der Waals surface area contributed by atoms with Gasteiger partial charge in [-0.1, -0.05) is 30.3 Å². The SMILES string of the molecule is CC1CN(c2ccc([N+](=O)[O-])cc2S(C)(=O)=O)CC(c2ccccc2)O1. The first-order valence-corrected chi connectivity index (χ1v) is 10.1. The summed E-state index contributed by atoms with van der Waals surface area (Å²) in [6, 6.07) is 13.7. The van der Waals surface area contributed by atoms with E-state index in [4.69, 9.17) is 4.74 Å². The predicted octanol–water partition coefficient (Wildman–Crippen LogP) is 2.96. The average Bonchev–Trinajstić information content (AvgIpc) is 2.60. The summed E-state index contributed by atoms with van der Waals surface area (Å²) in [7, 11) is -3.63. The number of anilines is 1. The Kier molecular flexibility index (Phi) is 4.97. The van der Waals surface area contributed by atoms with E-state index >= 15 is 0 Å². The van der Waals surface area contributed by atoms with Crippen molar-refractivity contribution in [3.05, 3.63) is 64.2 Å². The van der Waals surface area contributed by atoms with Gasteiger partial charge in [0.2, 0.25) is 0 Å². The molecule has 0 radical (unpaired) electrons. The lowest BCUT2D eigenvalue weighted by Gasteiger charge is -2.39. The lowest BCUT2D eigenvalue weighted by Crippen LogP contribution is -2.43. The number of nitrogens with zero attached hydrogens (tertiary/aromatic N) is 2. The molecule has 2 unspecified atom stereocenters. The number of benzene rings is 2. The van der Waals surface area contributed by atoms with Crippen molar-refractivity contribution in [2.45, 2.75) is 24.0 Å². The van der Waals surface area contributed by atoms with Crippen molar-refractivity contribution < 1.29 is 18.1 Å². The molecule has 1 fully saturated rings. The van der Waals surface area contributed by atoms with Crippen molar-refractivity contribution in [2.75, 3.05) is 24.2 Å².